The molecule has 1 aromatic carbocycles. The third-order valence-corrected chi connectivity index (χ3v) is 3.44. The fourth-order valence-electron chi connectivity index (χ4n) is 2.22. The van der Waals surface area contributed by atoms with Crippen molar-refractivity contribution in [2.75, 3.05) is 0 Å². The first kappa shape index (κ1) is 12.4. The smallest absolute Gasteiger partial charge is 0.238 e. The van der Waals surface area contributed by atoms with Crippen LogP contribution in [0.15, 0.2) is 24.3 Å². The Morgan fingerprint density at radius 3 is 2.29 bits per heavy atom. The van der Waals surface area contributed by atoms with Crippen molar-refractivity contribution in [1.82, 2.24) is 5.06 Å². The van der Waals surface area contributed by atoms with Crippen LogP contribution >= 0.6 is 11.6 Å². The van der Waals surface area contributed by atoms with Gasteiger partial charge in [0.1, 0.15) is 5.54 Å². The van der Waals surface area contributed by atoms with E-state index in [1.165, 1.54) is 0 Å². The highest BCUT2D eigenvalue weighted by Gasteiger charge is 2.49. The molecule has 1 heterocycles. The summed E-state index contributed by atoms with van der Waals surface area (Å²) in [4.78, 5) is 0. The Labute approximate surface area is 105 Å². The second-order valence-corrected chi connectivity index (χ2v) is 5.15. The summed E-state index contributed by atoms with van der Waals surface area (Å²) in [5, 5.41) is 23.7. The number of hydrogen-bond acceptors (Lipinski definition) is 3. The Hall–Kier alpha value is -1.10. The van der Waals surface area contributed by atoms with E-state index in [1.54, 1.807) is 31.2 Å². The molecule has 4 nitrogen and oxygen atoms in total. The number of halogens is 1. The molecule has 2 rings (SSSR count). The number of hydroxylamine groups is 3. The van der Waals surface area contributed by atoms with Crippen LogP contribution in [0.2, 0.25) is 5.02 Å². The van der Waals surface area contributed by atoms with Crippen molar-refractivity contribution in [2.24, 2.45) is 0 Å². The van der Waals surface area contributed by atoms with Gasteiger partial charge in [-0.25, -0.2) is 0 Å². The van der Waals surface area contributed by atoms with E-state index in [0.717, 1.165) is 15.4 Å². The second kappa shape index (κ2) is 3.98. The molecule has 1 aromatic rings. The van der Waals surface area contributed by atoms with E-state index in [2.05, 4.69) is 0 Å². The highest BCUT2D eigenvalue weighted by molar-refractivity contribution is 6.30. The Kier molecular flexibility index (Phi) is 2.89. The first-order valence-corrected chi connectivity index (χ1v) is 5.81. The number of rotatable bonds is 1. The van der Waals surface area contributed by atoms with Crippen molar-refractivity contribution in [3.8, 4) is 0 Å². The lowest BCUT2D eigenvalue weighted by atomic mass is 9.93. The highest BCUT2D eigenvalue weighted by atomic mass is 35.5. The summed E-state index contributed by atoms with van der Waals surface area (Å²) in [6, 6.07) is 7.05. The molecular weight excluding hydrogens is 240 g/mol. The monoisotopic (exact) mass is 254 g/mol. The molecule has 0 bridgehead atoms. The van der Waals surface area contributed by atoms with Crippen LogP contribution in [0.25, 0.3) is 0 Å². The molecule has 1 atom stereocenters. The van der Waals surface area contributed by atoms with Gasteiger partial charge in [0.05, 0.1) is 0 Å². The minimum Gasteiger partial charge on any atom is -0.622 e. The Balaban J connectivity index is 2.53. The third kappa shape index (κ3) is 1.82. The van der Waals surface area contributed by atoms with Crippen molar-refractivity contribution >= 4 is 17.3 Å². The van der Waals surface area contributed by atoms with E-state index in [-0.39, 0.29) is 0 Å². The molecule has 1 aliphatic rings. The summed E-state index contributed by atoms with van der Waals surface area (Å²) >= 11 is 5.82. The largest absolute Gasteiger partial charge is 0.622 e. The minimum atomic E-state index is -0.713. The third-order valence-electron chi connectivity index (χ3n) is 3.18. The summed E-state index contributed by atoms with van der Waals surface area (Å²) in [7, 11) is 0. The average Bonchev–Trinajstić information content (AvgIpc) is 2.42. The average molecular weight is 255 g/mol. The molecule has 0 aromatic heterocycles. The molecule has 0 fully saturated rings. The van der Waals surface area contributed by atoms with E-state index < -0.39 is 11.7 Å². The zero-order chi connectivity index (χ0) is 12.8. The predicted octanol–water partition coefficient (Wildman–Crippen LogP) is 2.47. The first-order valence-electron chi connectivity index (χ1n) is 5.43. The van der Waals surface area contributed by atoms with Gasteiger partial charge in [-0.15, -0.1) is 5.06 Å². The number of hydrogen-bond donors (Lipinski definition) is 1. The first-order chi connectivity index (χ1) is 7.85. The lowest BCUT2D eigenvalue weighted by molar-refractivity contribution is -0.531. The van der Waals surface area contributed by atoms with Gasteiger partial charge in [0.15, 0.2) is 0 Å². The van der Waals surface area contributed by atoms with Gasteiger partial charge in [0, 0.05) is 17.5 Å². The van der Waals surface area contributed by atoms with Crippen LogP contribution in [-0.4, -0.2) is 32.4 Å². The van der Waals surface area contributed by atoms with Crippen molar-refractivity contribution in [3.05, 3.63) is 40.1 Å². The fraction of sp³-hybridized carbons (Fsp3) is 0.417. The quantitative estimate of drug-likeness (QED) is 0.619. The molecule has 0 saturated heterocycles. The summed E-state index contributed by atoms with van der Waals surface area (Å²) in [5.74, 6) is 0. The molecule has 0 aliphatic carbocycles. The van der Waals surface area contributed by atoms with Gasteiger partial charge < -0.3 is 10.4 Å². The maximum absolute atomic E-state index is 12.1. The molecule has 0 saturated carbocycles. The molecule has 5 heteroatoms. The predicted molar refractivity (Wildman–Crippen MR) is 66.4 cm³/mol. The maximum atomic E-state index is 12.1. The number of benzene rings is 1. The summed E-state index contributed by atoms with van der Waals surface area (Å²) in [6.45, 7) is 5.29. The Bertz CT molecular complexity index is 468. The van der Waals surface area contributed by atoms with Crippen LogP contribution < -0.4 is 0 Å². The Morgan fingerprint density at radius 2 is 1.88 bits per heavy atom. The van der Waals surface area contributed by atoms with Gasteiger partial charge in [-0.1, -0.05) is 11.6 Å². The summed E-state index contributed by atoms with van der Waals surface area (Å²) in [6.07, 6.45) is -0.587. The molecule has 0 spiro atoms. The van der Waals surface area contributed by atoms with Gasteiger partial charge in [-0.2, -0.15) is 4.74 Å². The Morgan fingerprint density at radius 1 is 1.35 bits per heavy atom. The highest BCUT2D eigenvalue weighted by Crippen LogP contribution is 2.28. The van der Waals surface area contributed by atoms with Gasteiger partial charge in [0.25, 0.3) is 0 Å². The van der Waals surface area contributed by atoms with Gasteiger partial charge in [-0.05, 0) is 38.1 Å². The van der Waals surface area contributed by atoms with E-state index in [0.29, 0.717) is 10.7 Å². The van der Waals surface area contributed by atoms with Gasteiger partial charge in [0.2, 0.25) is 11.9 Å². The summed E-state index contributed by atoms with van der Waals surface area (Å²) in [5.41, 5.74) is 0.608. The van der Waals surface area contributed by atoms with Crippen molar-refractivity contribution in [1.29, 1.82) is 0 Å². The fourth-order valence-corrected chi connectivity index (χ4v) is 2.35. The van der Waals surface area contributed by atoms with Crippen molar-refractivity contribution < 1.29 is 9.95 Å². The normalized spacial score (nSPS) is 24.4. The van der Waals surface area contributed by atoms with E-state index in [4.69, 9.17) is 11.6 Å². The van der Waals surface area contributed by atoms with Crippen molar-refractivity contribution in [2.45, 2.75) is 32.5 Å². The van der Waals surface area contributed by atoms with Crippen LogP contribution in [0.1, 0.15) is 26.3 Å². The molecule has 0 amide bonds. The zero-order valence-corrected chi connectivity index (χ0v) is 10.8. The standard InChI is InChI=1S/C12H15ClN2O2/c1-8-14(16)11(12(2,3)15(8)17)9-4-6-10(13)7-5-9/h4-8,17H,1-3H3/t8-/m1/s1. The van der Waals surface area contributed by atoms with Crippen LogP contribution in [0.5, 0.6) is 0 Å². The molecule has 1 N–H and O–H groups in total. The van der Waals surface area contributed by atoms with E-state index in [9.17, 15) is 10.4 Å². The topological polar surface area (TPSA) is 49.5 Å². The van der Waals surface area contributed by atoms with Crippen LogP contribution in [0.4, 0.5) is 0 Å². The second-order valence-electron chi connectivity index (χ2n) is 4.72. The zero-order valence-electron chi connectivity index (χ0n) is 10.0. The minimum absolute atomic E-state index is 0.546. The van der Waals surface area contributed by atoms with E-state index >= 15 is 0 Å². The molecule has 92 valence electrons. The molecule has 0 unspecified atom stereocenters. The lowest BCUT2D eigenvalue weighted by Gasteiger charge is -2.24. The molecule has 17 heavy (non-hydrogen) atoms. The van der Waals surface area contributed by atoms with Crippen LogP contribution in [0.3, 0.4) is 0 Å². The van der Waals surface area contributed by atoms with E-state index in [1.807, 2.05) is 13.8 Å². The van der Waals surface area contributed by atoms with Crippen LogP contribution in [-0.2, 0) is 0 Å². The SMILES string of the molecule is C[C@H]1N(O)C(C)(C)C(c2ccc(Cl)cc2)=[N+]1[O-]. The molecular formula is C12H15ClN2O2. The lowest BCUT2D eigenvalue weighted by Crippen LogP contribution is -2.45. The maximum Gasteiger partial charge on any atom is 0.238 e. The molecule has 0 radical (unpaired) electrons. The molecule has 1 aliphatic heterocycles. The van der Waals surface area contributed by atoms with Gasteiger partial charge in [-0.3, -0.25) is 0 Å². The summed E-state index contributed by atoms with van der Waals surface area (Å²) < 4.78 is 0.837. The number of nitrogens with zero attached hydrogens (tertiary/aromatic N) is 2. The van der Waals surface area contributed by atoms with Crippen molar-refractivity contribution in [3.63, 3.8) is 0 Å². The van der Waals surface area contributed by atoms with Crippen LogP contribution in [0, 0.1) is 5.21 Å². The van der Waals surface area contributed by atoms with Gasteiger partial charge >= 0.3 is 0 Å².